The van der Waals surface area contributed by atoms with E-state index >= 15 is 0 Å². The minimum atomic E-state index is -0.202. The number of para-hydroxylation sites is 2. The predicted molar refractivity (Wildman–Crippen MR) is 130 cm³/mol. The third-order valence-electron chi connectivity index (χ3n) is 5.54. The number of fused-ring (bicyclic) bond motifs is 1. The maximum Gasteiger partial charge on any atom is 0.259 e. The van der Waals surface area contributed by atoms with Crippen LogP contribution < -0.4 is 15.4 Å². The van der Waals surface area contributed by atoms with E-state index in [-0.39, 0.29) is 18.2 Å². The Bertz CT molecular complexity index is 1090. The topological polar surface area (TPSA) is 67.4 Å². The minimum Gasteiger partial charge on any atom is -0.492 e. The first kappa shape index (κ1) is 22.1. The fraction of sp³-hybridized carbons (Fsp3) is 0.308. The highest BCUT2D eigenvalue weighted by molar-refractivity contribution is 7.17. The van der Waals surface area contributed by atoms with Gasteiger partial charge in [-0.2, -0.15) is 0 Å². The zero-order valence-corrected chi connectivity index (χ0v) is 19.1. The summed E-state index contributed by atoms with van der Waals surface area (Å²) in [5.74, 6) is 0.322. The first-order valence-electron chi connectivity index (χ1n) is 11.2. The molecule has 0 saturated heterocycles. The molecule has 0 unspecified atom stereocenters. The van der Waals surface area contributed by atoms with Crippen LogP contribution in [0.25, 0.3) is 0 Å². The van der Waals surface area contributed by atoms with Crippen LogP contribution in [0.2, 0.25) is 0 Å². The molecule has 0 atom stereocenters. The molecule has 0 bridgehead atoms. The molecule has 2 N–H and O–H groups in total. The predicted octanol–water partition coefficient (Wildman–Crippen LogP) is 5.85. The summed E-state index contributed by atoms with van der Waals surface area (Å²) in [6.45, 7) is 2.43. The van der Waals surface area contributed by atoms with Crippen molar-refractivity contribution in [3.8, 4) is 5.75 Å². The van der Waals surface area contributed by atoms with Gasteiger partial charge in [0.1, 0.15) is 10.8 Å². The molecule has 32 heavy (non-hydrogen) atoms. The summed E-state index contributed by atoms with van der Waals surface area (Å²) >= 11 is 1.54. The lowest BCUT2D eigenvalue weighted by atomic mass is 10.0. The molecule has 1 aliphatic carbocycles. The van der Waals surface area contributed by atoms with E-state index in [1.807, 2.05) is 61.5 Å². The minimum absolute atomic E-state index is 0.114. The molecule has 166 valence electrons. The zero-order chi connectivity index (χ0) is 22.3. The number of carbonyl (C=O) groups excluding carboxylic acids is 2. The molecule has 1 aromatic heterocycles. The van der Waals surface area contributed by atoms with E-state index in [1.54, 1.807) is 11.3 Å². The smallest absolute Gasteiger partial charge is 0.259 e. The van der Waals surface area contributed by atoms with Crippen LogP contribution in [0.3, 0.4) is 0 Å². The number of nitrogens with one attached hydrogen (secondary N) is 2. The van der Waals surface area contributed by atoms with Gasteiger partial charge in [-0.1, -0.05) is 48.9 Å². The number of hydrogen-bond donors (Lipinski definition) is 2. The van der Waals surface area contributed by atoms with Gasteiger partial charge in [0.05, 0.1) is 24.3 Å². The SMILES string of the molecule is CCOc1ccccc1NC(=O)c1c(NC(=O)Cc2ccccc2)sc2c1CCCCC2. The van der Waals surface area contributed by atoms with Crippen LogP contribution in [-0.4, -0.2) is 18.4 Å². The zero-order valence-electron chi connectivity index (χ0n) is 18.3. The van der Waals surface area contributed by atoms with Crippen LogP contribution >= 0.6 is 11.3 Å². The van der Waals surface area contributed by atoms with E-state index in [0.29, 0.717) is 28.6 Å². The second kappa shape index (κ2) is 10.5. The average Bonchev–Trinajstić information content (AvgIpc) is 2.96. The van der Waals surface area contributed by atoms with Gasteiger partial charge in [-0.15, -0.1) is 11.3 Å². The molecule has 0 radical (unpaired) electrons. The van der Waals surface area contributed by atoms with Gasteiger partial charge >= 0.3 is 0 Å². The number of anilines is 2. The summed E-state index contributed by atoms with van der Waals surface area (Å²) in [5, 5.41) is 6.70. The van der Waals surface area contributed by atoms with Crippen LogP contribution in [0.5, 0.6) is 5.75 Å². The molecule has 6 heteroatoms. The fourth-order valence-corrected chi connectivity index (χ4v) is 5.36. The lowest BCUT2D eigenvalue weighted by Crippen LogP contribution is -2.19. The quantitative estimate of drug-likeness (QED) is 0.446. The third-order valence-corrected chi connectivity index (χ3v) is 6.75. The number of ether oxygens (including phenoxy) is 1. The van der Waals surface area contributed by atoms with Gasteiger partial charge in [0.25, 0.3) is 5.91 Å². The van der Waals surface area contributed by atoms with Gasteiger partial charge in [0.2, 0.25) is 5.91 Å². The normalized spacial score (nSPS) is 13.0. The van der Waals surface area contributed by atoms with Crippen LogP contribution in [0.15, 0.2) is 54.6 Å². The Labute approximate surface area is 192 Å². The van der Waals surface area contributed by atoms with Gasteiger partial charge in [-0.3, -0.25) is 9.59 Å². The van der Waals surface area contributed by atoms with Crippen LogP contribution in [-0.2, 0) is 24.1 Å². The molecular formula is C26H28N2O3S. The largest absolute Gasteiger partial charge is 0.492 e. The van der Waals surface area contributed by atoms with Crippen molar-refractivity contribution in [2.45, 2.75) is 45.4 Å². The molecule has 0 aliphatic heterocycles. The van der Waals surface area contributed by atoms with Crippen LogP contribution in [0, 0.1) is 0 Å². The van der Waals surface area contributed by atoms with Crippen LogP contribution in [0.1, 0.15) is 52.5 Å². The monoisotopic (exact) mass is 448 g/mol. The van der Waals surface area contributed by atoms with Crippen molar-refractivity contribution in [2.24, 2.45) is 0 Å². The first-order chi connectivity index (χ1) is 15.7. The summed E-state index contributed by atoms with van der Waals surface area (Å²) < 4.78 is 5.67. The number of carbonyl (C=O) groups is 2. The van der Waals surface area contributed by atoms with Crippen molar-refractivity contribution in [3.63, 3.8) is 0 Å². The van der Waals surface area contributed by atoms with Gasteiger partial charge in [-0.05, 0) is 55.9 Å². The molecule has 5 nitrogen and oxygen atoms in total. The molecule has 1 heterocycles. The number of hydrogen-bond acceptors (Lipinski definition) is 4. The Hall–Kier alpha value is -3.12. The molecule has 0 saturated carbocycles. The number of rotatable bonds is 7. The Morgan fingerprint density at radius 1 is 0.938 bits per heavy atom. The lowest BCUT2D eigenvalue weighted by Gasteiger charge is -2.13. The van der Waals surface area contributed by atoms with Gasteiger partial charge in [0.15, 0.2) is 0 Å². The van der Waals surface area contributed by atoms with E-state index in [1.165, 1.54) is 4.88 Å². The Morgan fingerprint density at radius 3 is 2.50 bits per heavy atom. The van der Waals surface area contributed by atoms with E-state index in [0.717, 1.165) is 43.2 Å². The van der Waals surface area contributed by atoms with Crippen molar-refractivity contribution in [3.05, 3.63) is 76.2 Å². The molecule has 4 rings (SSSR count). The van der Waals surface area contributed by atoms with E-state index < -0.39 is 0 Å². The van der Waals surface area contributed by atoms with E-state index in [4.69, 9.17) is 4.74 Å². The lowest BCUT2D eigenvalue weighted by molar-refractivity contribution is -0.115. The number of amides is 2. The maximum atomic E-state index is 13.5. The van der Waals surface area contributed by atoms with Crippen LogP contribution in [0.4, 0.5) is 10.7 Å². The average molecular weight is 449 g/mol. The van der Waals surface area contributed by atoms with Crippen molar-refractivity contribution in [1.29, 1.82) is 0 Å². The van der Waals surface area contributed by atoms with Crippen molar-refractivity contribution < 1.29 is 14.3 Å². The molecule has 2 amide bonds. The third kappa shape index (κ3) is 5.19. The molecule has 0 fully saturated rings. The Balaban J connectivity index is 1.62. The van der Waals surface area contributed by atoms with Gasteiger partial charge in [0, 0.05) is 4.88 Å². The fourth-order valence-electron chi connectivity index (χ4n) is 4.06. The van der Waals surface area contributed by atoms with Crippen molar-refractivity contribution in [2.75, 3.05) is 17.2 Å². The summed E-state index contributed by atoms with van der Waals surface area (Å²) in [6.07, 6.45) is 5.40. The second-order valence-electron chi connectivity index (χ2n) is 7.86. The number of benzene rings is 2. The van der Waals surface area contributed by atoms with Crippen molar-refractivity contribution in [1.82, 2.24) is 0 Å². The number of thiophene rings is 1. The molecule has 1 aliphatic rings. The van der Waals surface area contributed by atoms with Gasteiger partial charge < -0.3 is 15.4 Å². The Kier molecular flexibility index (Phi) is 7.22. The highest BCUT2D eigenvalue weighted by atomic mass is 32.1. The Morgan fingerprint density at radius 2 is 1.69 bits per heavy atom. The standard InChI is InChI=1S/C26H28N2O3S/c1-2-31-21-15-10-9-14-20(21)27-25(30)24-19-13-7-4-8-16-22(19)32-26(24)28-23(29)17-18-11-5-3-6-12-18/h3,5-6,9-12,14-15H,2,4,7-8,13,16-17H2,1H3,(H,27,30)(H,28,29). The molecule has 0 spiro atoms. The number of aryl methyl sites for hydroxylation is 1. The van der Waals surface area contributed by atoms with Gasteiger partial charge in [-0.25, -0.2) is 0 Å². The highest BCUT2D eigenvalue weighted by Gasteiger charge is 2.26. The summed E-state index contributed by atoms with van der Waals surface area (Å²) in [6, 6.07) is 17.1. The van der Waals surface area contributed by atoms with E-state index in [2.05, 4.69) is 10.6 Å². The molecular weight excluding hydrogens is 420 g/mol. The highest BCUT2D eigenvalue weighted by Crippen LogP contribution is 2.38. The second-order valence-corrected chi connectivity index (χ2v) is 8.97. The van der Waals surface area contributed by atoms with Crippen molar-refractivity contribution >= 4 is 33.8 Å². The molecule has 3 aromatic rings. The summed E-state index contributed by atoms with van der Waals surface area (Å²) in [4.78, 5) is 27.5. The van der Waals surface area contributed by atoms with E-state index in [9.17, 15) is 9.59 Å². The summed E-state index contributed by atoms with van der Waals surface area (Å²) in [7, 11) is 0. The first-order valence-corrected chi connectivity index (χ1v) is 12.0. The molecule has 2 aromatic carbocycles. The maximum absolute atomic E-state index is 13.5. The summed E-state index contributed by atoms with van der Waals surface area (Å²) in [5.41, 5.74) is 3.25.